The maximum Gasteiger partial charge on any atom is 0.272 e. The molecule has 0 unspecified atom stereocenters. The smallest absolute Gasteiger partial charge is 0.272 e. The zero-order chi connectivity index (χ0) is 14.5. The summed E-state index contributed by atoms with van der Waals surface area (Å²) in [5, 5.41) is 11.4. The van der Waals surface area contributed by atoms with E-state index in [0.29, 0.717) is 11.7 Å². The molecule has 0 bridgehead atoms. The Hall–Kier alpha value is -1.65. The molecule has 2 aliphatic rings. The molecule has 1 N–H and O–H groups in total. The maximum absolute atomic E-state index is 12.2. The Morgan fingerprint density at radius 2 is 1.71 bits per heavy atom. The molecule has 2 heterocycles. The Labute approximate surface area is 126 Å². The lowest BCUT2D eigenvalue weighted by atomic mass is 10.1. The third kappa shape index (κ3) is 3.71. The fourth-order valence-electron chi connectivity index (χ4n) is 3.24. The lowest BCUT2D eigenvalue weighted by Gasteiger charge is -2.17. The zero-order valence-electron chi connectivity index (χ0n) is 12.6. The molecule has 1 saturated heterocycles. The minimum atomic E-state index is -0.0811. The minimum Gasteiger partial charge on any atom is -0.355 e. The maximum atomic E-state index is 12.2. The molecule has 0 radical (unpaired) electrons. The van der Waals surface area contributed by atoms with Crippen molar-refractivity contribution in [2.75, 3.05) is 18.0 Å². The Kier molecular flexibility index (Phi) is 4.68. The van der Waals surface area contributed by atoms with Gasteiger partial charge in [-0.2, -0.15) is 0 Å². The molecular formula is C16H24N4O. The molecule has 1 aliphatic carbocycles. The van der Waals surface area contributed by atoms with Crippen LogP contribution in [0, 0.1) is 0 Å². The van der Waals surface area contributed by atoms with Gasteiger partial charge in [-0.05, 0) is 37.8 Å². The van der Waals surface area contributed by atoms with Gasteiger partial charge in [0.2, 0.25) is 0 Å². The van der Waals surface area contributed by atoms with Gasteiger partial charge in [0.25, 0.3) is 5.91 Å². The molecule has 0 aromatic carbocycles. The first-order chi connectivity index (χ1) is 10.3. The average molecular weight is 288 g/mol. The van der Waals surface area contributed by atoms with Crippen molar-refractivity contribution in [3.8, 4) is 0 Å². The topological polar surface area (TPSA) is 58.1 Å². The fourth-order valence-corrected chi connectivity index (χ4v) is 3.24. The van der Waals surface area contributed by atoms with Gasteiger partial charge in [-0.25, -0.2) is 0 Å². The van der Waals surface area contributed by atoms with E-state index in [0.717, 1.165) is 31.7 Å². The number of carbonyl (C=O) groups excluding carboxylic acids is 1. The number of nitrogens with one attached hydrogen (secondary N) is 1. The van der Waals surface area contributed by atoms with E-state index in [1.807, 2.05) is 6.07 Å². The monoisotopic (exact) mass is 288 g/mol. The first-order valence-electron chi connectivity index (χ1n) is 8.22. The summed E-state index contributed by atoms with van der Waals surface area (Å²) in [6.07, 6.45) is 9.61. The number of hydrogen-bond donors (Lipinski definition) is 1. The Morgan fingerprint density at radius 3 is 2.33 bits per heavy atom. The molecular weight excluding hydrogens is 264 g/mol. The summed E-state index contributed by atoms with van der Waals surface area (Å²) in [6.45, 7) is 2.09. The fraction of sp³-hybridized carbons (Fsp3) is 0.688. The van der Waals surface area contributed by atoms with E-state index in [1.165, 1.54) is 38.5 Å². The van der Waals surface area contributed by atoms with Crippen LogP contribution in [0.5, 0.6) is 0 Å². The van der Waals surface area contributed by atoms with Crippen molar-refractivity contribution in [1.29, 1.82) is 0 Å². The highest BCUT2D eigenvalue weighted by Crippen LogP contribution is 2.18. The van der Waals surface area contributed by atoms with E-state index >= 15 is 0 Å². The van der Waals surface area contributed by atoms with Crippen LogP contribution in [0.1, 0.15) is 61.9 Å². The summed E-state index contributed by atoms with van der Waals surface area (Å²) >= 11 is 0. The van der Waals surface area contributed by atoms with E-state index in [9.17, 15) is 4.79 Å². The minimum absolute atomic E-state index is 0.0811. The van der Waals surface area contributed by atoms with Gasteiger partial charge in [-0.1, -0.05) is 25.7 Å². The Balaban J connectivity index is 1.58. The number of aromatic nitrogens is 2. The summed E-state index contributed by atoms with van der Waals surface area (Å²) in [4.78, 5) is 14.5. The Morgan fingerprint density at radius 1 is 1.00 bits per heavy atom. The molecule has 1 aliphatic heterocycles. The van der Waals surface area contributed by atoms with Gasteiger partial charge in [-0.15, -0.1) is 10.2 Å². The number of amides is 1. The van der Waals surface area contributed by atoms with Crippen molar-refractivity contribution >= 4 is 11.7 Å². The van der Waals surface area contributed by atoms with E-state index in [-0.39, 0.29) is 5.91 Å². The van der Waals surface area contributed by atoms with Crippen LogP contribution in [0.15, 0.2) is 12.1 Å². The van der Waals surface area contributed by atoms with Crippen molar-refractivity contribution in [3.05, 3.63) is 17.8 Å². The zero-order valence-corrected chi connectivity index (χ0v) is 12.6. The highest BCUT2D eigenvalue weighted by atomic mass is 16.2. The molecule has 3 rings (SSSR count). The highest BCUT2D eigenvalue weighted by Gasteiger charge is 2.18. The lowest BCUT2D eigenvalue weighted by molar-refractivity contribution is 0.0927. The summed E-state index contributed by atoms with van der Waals surface area (Å²) < 4.78 is 0. The second-order valence-corrected chi connectivity index (χ2v) is 6.13. The van der Waals surface area contributed by atoms with Crippen LogP contribution in [-0.2, 0) is 0 Å². The second-order valence-electron chi connectivity index (χ2n) is 6.13. The number of nitrogens with zero attached hydrogens (tertiary/aromatic N) is 3. The van der Waals surface area contributed by atoms with E-state index < -0.39 is 0 Å². The summed E-state index contributed by atoms with van der Waals surface area (Å²) in [7, 11) is 0. The van der Waals surface area contributed by atoms with E-state index in [1.54, 1.807) is 6.07 Å². The molecule has 1 saturated carbocycles. The van der Waals surface area contributed by atoms with Crippen LogP contribution in [0.25, 0.3) is 0 Å². The average Bonchev–Trinajstić information content (AvgIpc) is 2.93. The Bertz CT molecular complexity index is 460. The predicted molar refractivity (Wildman–Crippen MR) is 82.4 cm³/mol. The van der Waals surface area contributed by atoms with Gasteiger partial charge < -0.3 is 10.2 Å². The van der Waals surface area contributed by atoms with Crippen LogP contribution in [0.4, 0.5) is 5.82 Å². The van der Waals surface area contributed by atoms with Crippen LogP contribution in [-0.4, -0.2) is 35.2 Å². The first kappa shape index (κ1) is 14.3. The normalized spacial score (nSPS) is 20.3. The number of anilines is 1. The molecule has 1 aromatic rings. The quantitative estimate of drug-likeness (QED) is 0.868. The first-order valence-corrected chi connectivity index (χ1v) is 8.22. The number of rotatable bonds is 3. The van der Waals surface area contributed by atoms with Crippen LogP contribution < -0.4 is 10.2 Å². The number of carbonyl (C=O) groups is 1. The van der Waals surface area contributed by atoms with Crippen LogP contribution >= 0.6 is 0 Å². The molecule has 0 spiro atoms. The van der Waals surface area contributed by atoms with Crippen molar-refractivity contribution in [2.45, 2.75) is 57.4 Å². The molecule has 1 amide bonds. The molecule has 5 nitrogen and oxygen atoms in total. The standard InChI is InChI=1S/C16H24N4O/c21-16(17-13-7-3-1-2-4-8-13)14-9-10-15(19-18-14)20-11-5-6-12-20/h9-10,13H,1-8,11-12H2,(H,17,21). The number of hydrogen-bond acceptors (Lipinski definition) is 4. The van der Waals surface area contributed by atoms with Crippen LogP contribution in [0.3, 0.4) is 0 Å². The molecule has 5 heteroatoms. The van der Waals surface area contributed by atoms with Gasteiger partial charge in [0.1, 0.15) is 0 Å². The van der Waals surface area contributed by atoms with Crippen molar-refractivity contribution in [1.82, 2.24) is 15.5 Å². The third-order valence-corrected chi connectivity index (χ3v) is 4.50. The van der Waals surface area contributed by atoms with Crippen molar-refractivity contribution in [2.24, 2.45) is 0 Å². The van der Waals surface area contributed by atoms with Crippen molar-refractivity contribution in [3.63, 3.8) is 0 Å². The molecule has 2 fully saturated rings. The summed E-state index contributed by atoms with van der Waals surface area (Å²) in [5.74, 6) is 0.806. The second kappa shape index (κ2) is 6.87. The summed E-state index contributed by atoms with van der Waals surface area (Å²) in [6, 6.07) is 4.02. The van der Waals surface area contributed by atoms with Crippen LogP contribution in [0.2, 0.25) is 0 Å². The molecule has 1 aromatic heterocycles. The van der Waals surface area contributed by atoms with Crippen molar-refractivity contribution < 1.29 is 4.79 Å². The third-order valence-electron chi connectivity index (χ3n) is 4.50. The molecule has 114 valence electrons. The van der Waals surface area contributed by atoms with Gasteiger partial charge in [0.15, 0.2) is 11.5 Å². The van der Waals surface area contributed by atoms with Gasteiger partial charge in [-0.3, -0.25) is 4.79 Å². The predicted octanol–water partition coefficient (Wildman–Crippen LogP) is 2.53. The largest absolute Gasteiger partial charge is 0.355 e. The molecule has 21 heavy (non-hydrogen) atoms. The van der Waals surface area contributed by atoms with E-state index in [4.69, 9.17) is 0 Å². The van der Waals surface area contributed by atoms with Gasteiger partial charge in [0, 0.05) is 19.1 Å². The highest BCUT2D eigenvalue weighted by molar-refractivity contribution is 5.92. The lowest BCUT2D eigenvalue weighted by Crippen LogP contribution is -2.35. The SMILES string of the molecule is O=C(NC1CCCCCC1)c1ccc(N2CCCC2)nn1. The molecule has 0 atom stereocenters. The van der Waals surface area contributed by atoms with E-state index in [2.05, 4.69) is 20.4 Å². The van der Waals surface area contributed by atoms with Gasteiger partial charge >= 0.3 is 0 Å². The summed E-state index contributed by atoms with van der Waals surface area (Å²) in [5.41, 5.74) is 0.433. The van der Waals surface area contributed by atoms with Gasteiger partial charge in [0.05, 0.1) is 0 Å².